The molecule has 9 unspecified atom stereocenters. The zero-order valence-corrected chi connectivity index (χ0v) is 16.7. The molecule has 0 aromatic rings. The van der Waals surface area contributed by atoms with Crippen LogP contribution < -0.4 is 0 Å². The second-order valence-corrected chi connectivity index (χ2v) is 9.57. The van der Waals surface area contributed by atoms with E-state index < -0.39 is 54.9 Å². The topological polar surface area (TPSA) is 61.8 Å². The summed E-state index contributed by atoms with van der Waals surface area (Å²) in [6, 6.07) is 0. The number of rotatable bonds is 5. The highest BCUT2D eigenvalue weighted by atomic mass is 19.4. The molecule has 0 radical (unpaired) electrons. The molecule has 5 aliphatic rings. The highest BCUT2D eigenvalue weighted by Crippen LogP contribution is 2.67. The molecule has 1 aliphatic heterocycles. The molecule has 9 atom stereocenters. The molecule has 0 N–H and O–H groups in total. The van der Waals surface area contributed by atoms with Gasteiger partial charge in [-0.3, -0.25) is 9.59 Å². The fraction of sp³-hybridized carbons (Fsp3) is 0.810. The van der Waals surface area contributed by atoms with Gasteiger partial charge in [0.25, 0.3) is 0 Å². The third kappa shape index (κ3) is 2.86. The average Bonchev–Trinajstić information content (AvgIpc) is 3.45. The van der Waals surface area contributed by atoms with E-state index in [1.807, 2.05) is 0 Å². The van der Waals surface area contributed by atoms with Gasteiger partial charge >= 0.3 is 23.9 Å². The van der Waals surface area contributed by atoms with Gasteiger partial charge in [-0.1, -0.05) is 12.2 Å². The minimum atomic E-state index is -5.64. The highest BCUT2D eigenvalue weighted by Gasteiger charge is 2.80. The van der Waals surface area contributed by atoms with Gasteiger partial charge in [-0.15, -0.1) is 0 Å². The number of hydrogen-bond acceptors (Lipinski definition) is 5. The Balaban J connectivity index is 1.31. The van der Waals surface area contributed by atoms with Crippen molar-refractivity contribution in [2.75, 3.05) is 13.2 Å². The van der Waals surface area contributed by atoms with Crippen molar-refractivity contribution in [3.05, 3.63) is 12.2 Å². The summed E-state index contributed by atoms with van der Waals surface area (Å²) in [7, 11) is 0. The van der Waals surface area contributed by atoms with E-state index in [9.17, 15) is 31.5 Å². The zero-order valence-electron chi connectivity index (χ0n) is 16.7. The SMILES string of the molecule is CC(=O)COC1(C(F)(F)F)OCC(OC(=O)C2CC3CC2C2C4C=CC(C4)C32)C1(F)F. The minimum Gasteiger partial charge on any atom is -0.453 e. The summed E-state index contributed by atoms with van der Waals surface area (Å²) in [5, 5.41) is 0. The lowest BCUT2D eigenvalue weighted by Gasteiger charge is -2.37. The number of halogens is 5. The molecule has 1 heterocycles. The number of hydrogen-bond donors (Lipinski definition) is 0. The molecule has 0 amide bonds. The summed E-state index contributed by atoms with van der Waals surface area (Å²) in [6.45, 7) is -1.47. The van der Waals surface area contributed by atoms with E-state index in [0.717, 1.165) is 19.8 Å². The quantitative estimate of drug-likeness (QED) is 0.278. The van der Waals surface area contributed by atoms with Crippen LogP contribution in [0.3, 0.4) is 0 Å². The van der Waals surface area contributed by atoms with Crippen LogP contribution in [0.4, 0.5) is 22.0 Å². The Morgan fingerprint density at radius 3 is 2.42 bits per heavy atom. The molecule has 0 aromatic carbocycles. The fourth-order valence-corrected chi connectivity index (χ4v) is 6.92. The van der Waals surface area contributed by atoms with Crippen LogP contribution in [0.2, 0.25) is 0 Å². The van der Waals surface area contributed by atoms with Crippen LogP contribution in [0.5, 0.6) is 0 Å². The summed E-state index contributed by atoms with van der Waals surface area (Å²) >= 11 is 0. The number of ketones is 1. The molecule has 1 saturated heterocycles. The molecule has 4 aliphatic carbocycles. The lowest BCUT2D eigenvalue weighted by molar-refractivity contribution is -0.417. The Bertz CT molecular complexity index is 825. The Labute approximate surface area is 175 Å². The minimum absolute atomic E-state index is 0.0136. The molecule has 5 nitrogen and oxygen atoms in total. The number of carbonyl (C=O) groups is 2. The van der Waals surface area contributed by atoms with E-state index in [2.05, 4.69) is 21.6 Å². The van der Waals surface area contributed by atoms with Gasteiger partial charge in [0.15, 0.2) is 11.9 Å². The van der Waals surface area contributed by atoms with Crippen molar-refractivity contribution in [3.8, 4) is 0 Å². The maximum absolute atomic E-state index is 14.9. The van der Waals surface area contributed by atoms with Gasteiger partial charge in [-0.2, -0.15) is 22.0 Å². The first-order valence-electron chi connectivity index (χ1n) is 10.6. The highest BCUT2D eigenvalue weighted by molar-refractivity contribution is 5.76. The summed E-state index contributed by atoms with van der Waals surface area (Å²) < 4.78 is 84.0. The maximum Gasteiger partial charge on any atom is 0.450 e. The summed E-state index contributed by atoms with van der Waals surface area (Å²) in [5.74, 6) is -9.32. The molecular formula is C21H23F5O5. The van der Waals surface area contributed by atoms with Crippen LogP contribution in [0.15, 0.2) is 12.2 Å². The molecule has 10 heteroatoms. The predicted octanol–water partition coefficient (Wildman–Crippen LogP) is 3.52. The van der Waals surface area contributed by atoms with Gasteiger partial charge in [0.2, 0.25) is 0 Å². The van der Waals surface area contributed by atoms with E-state index >= 15 is 0 Å². The zero-order chi connectivity index (χ0) is 22.3. The van der Waals surface area contributed by atoms with Crippen molar-refractivity contribution < 1.29 is 45.8 Å². The molecule has 0 spiro atoms. The molecule has 172 valence electrons. The molecular weight excluding hydrogens is 427 g/mol. The summed E-state index contributed by atoms with van der Waals surface area (Å²) in [5.41, 5.74) is 0. The Kier molecular flexibility index (Phi) is 4.62. The maximum atomic E-state index is 14.9. The first-order chi connectivity index (χ1) is 14.5. The van der Waals surface area contributed by atoms with Gasteiger partial charge in [-0.05, 0) is 61.7 Å². The van der Waals surface area contributed by atoms with Crippen LogP contribution in [-0.4, -0.2) is 49.0 Å². The van der Waals surface area contributed by atoms with Crippen LogP contribution >= 0.6 is 0 Å². The van der Waals surface area contributed by atoms with E-state index in [-0.39, 0.29) is 5.92 Å². The van der Waals surface area contributed by atoms with E-state index in [1.165, 1.54) is 0 Å². The number of allylic oxidation sites excluding steroid dienone is 2. The molecule has 5 rings (SSSR count). The predicted molar refractivity (Wildman–Crippen MR) is 93.6 cm³/mol. The summed E-state index contributed by atoms with van der Waals surface area (Å²) in [4.78, 5) is 23.8. The monoisotopic (exact) mass is 450 g/mol. The third-order valence-corrected chi connectivity index (χ3v) is 7.96. The second-order valence-electron chi connectivity index (χ2n) is 9.57. The van der Waals surface area contributed by atoms with Crippen molar-refractivity contribution in [2.24, 2.45) is 41.4 Å². The Morgan fingerprint density at radius 2 is 1.77 bits per heavy atom. The van der Waals surface area contributed by atoms with E-state index in [4.69, 9.17) is 4.74 Å². The molecule has 4 fully saturated rings. The van der Waals surface area contributed by atoms with Crippen LogP contribution in [0.25, 0.3) is 0 Å². The van der Waals surface area contributed by atoms with Gasteiger partial charge in [-0.25, -0.2) is 0 Å². The van der Waals surface area contributed by atoms with Crippen LogP contribution in [0.1, 0.15) is 26.2 Å². The number of carbonyl (C=O) groups excluding carboxylic acids is 2. The van der Waals surface area contributed by atoms with Gasteiger partial charge in [0, 0.05) is 0 Å². The molecule has 4 bridgehead atoms. The van der Waals surface area contributed by atoms with Gasteiger partial charge in [0.05, 0.1) is 12.5 Å². The van der Waals surface area contributed by atoms with Crippen LogP contribution in [-0.2, 0) is 23.8 Å². The first kappa shape index (κ1) is 21.3. The third-order valence-electron chi connectivity index (χ3n) is 7.96. The van der Waals surface area contributed by atoms with Crippen LogP contribution in [0, 0.1) is 41.4 Å². The number of fused-ring (bicyclic) bond motifs is 9. The largest absolute Gasteiger partial charge is 0.453 e. The first-order valence-corrected chi connectivity index (χ1v) is 10.6. The smallest absolute Gasteiger partial charge is 0.450 e. The lowest BCUT2D eigenvalue weighted by Crippen LogP contribution is -2.62. The lowest BCUT2D eigenvalue weighted by atomic mass is 9.69. The number of ether oxygens (including phenoxy) is 3. The van der Waals surface area contributed by atoms with Crippen molar-refractivity contribution >= 4 is 11.8 Å². The number of Topliss-reactive ketones (excluding diaryl/α,β-unsaturated/α-hetero) is 1. The number of alkyl halides is 5. The molecule has 0 aromatic heterocycles. The second kappa shape index (κ2) is 6.73. The molecule has 31 heavy (non-hydrogen) atoms. The average molecular weight is 450 g/mol. The molecule has 3 saturated carbocycles. The van der Waals surface area contributed by atoms with Crippen molar-refractivity contribution in [3.63, 3.8) is 0 Å². The Morgan fingerprint density at radius 1 is 1.10 bits per heavy atom. The van der Waals surface area contributed by atoms with Crippen molar-refractivity contribution in [2.45, 2.75) is 50.2 Å². The standard InChI is InChI=1S/C21H23F5O5/c1-9(27)7-29-20(21(24,25)26)19(22,23)15(8-30-20)31-18(28)14-6-12-5-13(14)17-11-3-2-10(4-11)16(12)17/h2-3,10-17H,4-8H2,1H3. The number of esters is 1. The van der Waals surface area contributed by atoms with Crippen molar-refractivity contribution in [1.82, 2.24) is 0 Å². The fourth-order valence-electron chi connectivity index (χ4n) is 6.92. The van der Waals surface area contributed by atoms with Crippen molar-refractivity contribution in [1.29, 1.82) is 0 Å². The van der Waals surface area contributed by atoms with Gasteiger partial charge < -0.3 is 14.2 Å². The summed E-state index contributed by atoms with van der Waals surface area (Å²) in [6.07, 6.45) is -1.28. The normalized spacial score (nSPS) is 46.5. The van der Waals surface area contributed by atoms with E-state index in [0.29, 0.717) is 36.0 Å². The van der Waals surface area contributed by atoms with E-state index in [1.54, 1.807) is 0 Å². The van der Waals surface area contributed by atoms with Gasteiger partial charge in [0.1, 0.15) is 6.61 Å². The Hall–Kier alpha value is -1.55.